The van der Waals surface area contributed by atoms with Crippen LogP contribution in [0, 0.1) is 13.8 Å². The number of nitrogens with one attached hydrogen (secondary N) is 1. The number of aromatic amines is 1. The van der Waals surface area contributed by atoms with Crippen molar-refractivity contribution in [3.63, 3.8) is 0 Å². The highest BCUT2D eigenvalue weighted by Gasteiger charge is 2.32. The lowest BCUT2D eigenvalue weighted by molar-refractivity contribution is -0.134. The van der Waals surface area contributed by atoms with Crippen molar-refractivity contribution in [2.75, 3.05) is 19.9 Å². The highest BCUT2D eigenvalue weighted by atomic mass is 16.7. The Morgan fingerprint density at radius 1 is 1.33 bits per heavy atom. The topological polar surface area (TPSA) is 87.7 Å². The van der Waals surface area contributed by atoms with Crippen LogP contribution in [-0.2, 0) is 11.2 Å². The molecule has 1 amide bonds. The summed E-state index contributed by atoms with van der Waals surface area (Å²) in [7, 11) is 0. The van der Waals surface area contributed by atoms with Crippen molar-refractivity contribution in [2.45, 2.75) is 45.1 Å². The van der Waals surface area contributed by atoms with Crippen molar-refractivity contribution in [3.8, 4) is 11.5 Å². The number of H-pyrrole nitrogens is 1. The van der Waals surface area contributed by atoms with Gasteiger partial charge in [-0.25, -0.2) is 0 Å². The second kappa shape index (κ2) is 7.23. The third kappa shape index (κ3) is 3.51. The lowest BCUT2D eigenvalue weighted by Gasteiger charge is -2.36. The number of hydrogen-bond donors (Lipinski definition) is 2. The summed E-state index contributed by atoms with van der Waals surface area (Å²) in [6.45, 7) is 5.17. The van der Waals surface area contributed by atoms with Gasteiger partial charge < -0.3 is 19.5 Å². The van der Waals surface area contributed by atoms with Crippen LogP contribution in [0.25, 0.3) is 0 Å². The van der Waals surface area contributed by atoms with Crippen molar-refractivity contribution in [1.82, 2.24) is 15.1 Å². The first-order valence-electron chi connectivity index (χ1n) is 9.38. The molecule has 144 valence electrons. The van der Waals surface area contributed by atoms with Crippen molar-refractivity contribution in [2.24, 2.45) is 0 Å². The molecule has 7 nitrogen and oxygen atoms in total. The summed E-state index contributed by atoms with van der Waals surface area (Å²) in [6, 6.07) is 5.80. The van der Waals surface area contributed by atoms with Crippen LogP contribution < -0.4 is 9.47 Å². The van der Waals surface area contributed by atoms with E-state index in [1.807, 2.05) is 32.0 Å². The number of rotatable bonds is 4. The molecule has 1 aromatic heterocycles. The normalized spacial score (nSPS) is 21.5. The molecule has 0 spiro atoms. The molecule has 27 heavy (non-hydrogen) atoms. The van der Waals surface area contributed by atoms with Crippen molar-refractivity contribution in [1.29, 1.82) is 0 Å². The van der Waals surface area contributed by atoms with Crippen LogP contribution in [0.15, 0.2) is 18.2 Å². The summed E-state index contributed by atoms with van der Waals surface area (Å²) in [5.41, 5.74) is 4.10. The molecule has 1 fully saturated rings. The van der Waals surface area contributed by atoms with Gasteiger partial charge in [-0.3, -0.25) is 9.89 Å². The zero-order valence-corrected chi connectivity index (χ0v) is 15.7. The summed E-state index contributed by atoms with van der Waals surface area (Å²) >= 11 is 0. The molecule has 0 saturated carbocycles. The van der Waals surface area contributed by atoms with Crippen molar-refractivity contribution in [3.05, 3.63) is 40.7 Å². The van der Waals surface area contributed by atoms with Crippen LogP contribution in [0.5, 0.6) is 11.5 Å². The number of aryl methyl sites for hydroxylation is 2. The second-order valence-corrected chi connectivity index (χ2v) is 7.33. The minimum atomic E-state index is -0.583. The maximum Gasteiger partial charge on any atom is 0.231 e. The molecule has 2 aromatic rings. The molecule has 0 unspecified atom stereocenters. The molecule has 1 saturated heterocycles. The number of fused-ring (bicyclic) bond motifs is 1. The number of carbonyl (C=O) groups is 1. The van der Waals surface area contributed by atoms with Gasteiger partial charge in [-0.1, -0.05) is 6.07 Å². The smallest absolute Gasteiger partial charge is 0.231 e. The summed E-state index contributed by atoms with van der Waals surface area (Å²) < 4.78 is 10.8. The van der Waals surface area contributed by atoms with E-state index in [0.717, 1.165) is 40.4 Å². The Labute approximate surface area is 158 Å². The Hall–Kier alpha value is -2.54. The molecule has 7 heteroatoms. The number of aliphatic hydroxyl groups is 1. The molecule has 2 atom stereocenters. The van der Waals surface area contributed by atoms with Crippen LogP contribution in [0.1, 0.15) is 41.3 Å². The van der Waals surface area contributed by atoms with E-state index in [1.165, 1.54) is 0 Å². The Kier molecular flexibility index (Phi) is 4.78. The van der Waals surface area contributed by atoms with Gasteiger partial charge in [-0.2, -0.15) is 5.10 Å². The fourth-order valence-corrected chi connectivity index (χ4v) is 4.02. The van der Waals surface area contributed by atoms with Gasteiger partial charge in [-0.15, -0.1) is 0 Å². The maximum absolute atomic E-state index is 12.6. The molecule has 2 aliphatic heterocycles. The van der Waals surface area contributed by atoms with E-state index in [4.69, 9.17) is 9.47 Å². The van der Waals surface area contributed by atoms with Gasteiger partial charge in [0.25, 0.3) is 0 Å². The zero-order valence-electron chi connectivity index (χ0n) is 15.7. The van der Waals surface area contributed by atoms with Crippen molar-refractivity contribution >= 4 is 5.91 Å². The zero-order chi connectivity index (χ0) is 19.0. The summed E-state index contributed by atoms with van der Waals surface area (Å²) in [6.07, 6.45) is 1.25. The van der Waals surface area contributed by atoms with Crippen molar-refractivity contribution < 1.29 is 19.4 Å². The van der Waals surface area contributed by atoms with Crippen LogP contribution in [0.2, 0.25) is 0 Å². The molecular formula is C20H25N3O4. The first-order chi connectivity index (χ1) is 13.0. The molecule has 3 heterocycles. The largest absolute Gasteiger partial charge is 0.454 e. The first kappa shape index (κ1) is 17.9. The van der Waals surface area contributed by atoms with Crippen LogP contribution in [-0.4, -0.2) is 52.1 Å². The van der Waals surface area contributed by atoms with Crippen LogP contribution in [0.4, 0.5) is 0 Å². The number of aromatic nitrogens is 2. The standard InChI is InChI=1S/C20H25N3O4/c1-12-15(13(2)22-21-12)4-6-20(25)23-8-7-16(17(24)10-23)14-3-5-18-19(9-14)27-11-26-18/h3,5,9,16-17,24H,4,6-8,10-11H2,1-2H3,(H,21,22)/t16-,17+/m0/s1. The van der Waals surface area contributed by atoms with Gasteiger partial charge in [0, 0.05) is 31.1 Å². The molecule has 0 aliphatic carbocycles. The first-order valence-corrected chi connectivity index (χ1v) is 9.38. The third-order valence-corrected chi connectivity index (χ3v) is 5.63. The predicted molar refractivity (Wildman–Crippen MR) is 98.9 cm³/mol. The predicted octanol–water partition coefficient (Wildman–Crippen LogP) is 2.06. The van der Waals surface area contributed by atoms with Gasteiger partial charge in [-0.05, 0) is 49.9 Å². The molecule has 1 aromatic carbocycles. The van der Waals surface area contributed by atoms with Crippen LogP contribution in [0.3, 0.4) is 0 Å². The van der Waals surface area contributed by atoms with Gasteiger partial charge in [0.15, 0.2) is 11.5 Å². The molecule has 2 N–H and O–H groups in total. The lowest BCUT2D eigenvalue weighted by Crippen LogP contribution is -2.45. The number of amides is 1. The minimum absolute atomic E-state index is 0.00177. The molecular weight excluding hydrogens is 346 g/mol. The number of ether oxygens (including phenoxy) is 2. The van der Waals surface area contributed by atoms with E-state index < -0.39 is 6.10 Å². The quantitative estimate of drug-likeness (QED) is 0.859. The molecule has 2 aliphatic rings. The number of hydrogen-bond acceptors (Lipinski definition) is 5. The second-order valence-electron chi connectivity index (χ2n) is 7.33. The fraction of sp³-hybridized carbons (Fsp3) is 0.500. The highest BCUT2D eigenvalue weighted by molar-refractivity contribution is 5.76. The number of nitrogens with zero attached hydrogens (tertiary/aromatic N) is 2. The minimum Gasteiger partial charge on any atom is -0.454 e. The van der Waals surface area contributed by atoms with Crippen LogP contribution >= 0.6 is 0 Å². The van der Waals surface area contributed by atoms with Gasteiger partial charge >= 0.3 is 0 Å². The number of carbonyl (C=O) groups excluding carboxylic acids is 1. The average molecular weight is 371 g/mol. The Bertz CT molecular complexity index is 828. The number of β-amino-alcohol motifs (C(OH)–C–C–N with tert-alkyl or cyclic N) is 1. The third-order valence-electron chi connectivity index (χ3n) is 5.63. The fourth-order valence-electron chi connectivity index (χ4n) is 4.02. The lowest BCUT2D eigenvalue weighted by atomic mass is 9.86. The van der Waals surface area contributed by atoms with E-state index in [1.54, 1.807) is 4.90 Å². The van der Waals surface area contributed by atoms with E-state index >= 15 is 0 Å². The van der Waals surface area contributed by atoms with E-state index in [-0.39, 0.29) is 18.6 Å². The maximum atomic E-state index is 12.6. The highest BCUT2D eigenvalue weighted by Crippen LogP contribution is 2.37. The summed E-state index contributed by atoms with van der Waals surface area (Å²) in [5, 5.41) is 17.8. The summed E-state index contributed by atoms with van der Waals surface area (Å²) in [5.74, 6) is 1.55. The number of likely N-dealkylation sites (tertiary alicyclic amines) is 1. The average Bonchev–Trinajstić information content (AvgIpc) is 3.25. The molecule has 4 rings (SSSR count). The van der Waals surface area contributed by atoms with E-state index in [9.17, 15) is 9.90 Å². The molecule has 0 bridgehead atoms. The van der Waals surface area contributed by atoms with Gasteiger partial charge in [0.05, 0.1) is 11.8 Å². The molecule has 0 radical (unpaired) electrons. The Morgan fingerprint density at radius 3 is 2.89 bits per heavy atom. The number of benzene rings is 1. The SMILES string of the molecule is Cc1n[nH]c(C)c1CCC(=O)N1CC[C@@H](c2ccc3c(c2)OCO3)[C@H](O)C1. The monoisotopic (exact) mass is 371 g/mol. The number of aliphatic hydroxyl groups excluding tert-OH is 1. The van der Waals surface area contributed by atoms with E-state index in [2.05, 4.69) is 10.2 Å². The Morgan fingerprint density at radius 2 is 2.15 bits per heavy atom. The van der Waals surface area contributed by atoms with E-state index in [0.29, 0.717) is 25.9 Å². The number of piperidine rings is 1. The Balaban J connectivity index is 1.36. The van der Waals surface area contributed by atoms with Gasteiger partial charge in [0.2, 0.25) is 12.7 Å². The van der Waals surface area contributed by atoms with Gasteiger partial charge in [0.1, 0.15) is 0 Å². The summed E-state index contributed by atoms with van der Waals surface area (Å²) in [4.78, 5) is 14.4.